The highest BCUT2D eigenvalue weighted by atomic mass is 16.6. The number of carbonyl (C=O) groups excluding carboxylic acids is 2. The van der Waals surface area contributed by atoms with Crippen LogP contribution in [0.25, 0.3) is 0 Å². The van der Waals surface area contributed by atoms with Gasteiger partial charge in [0.05, 0.1) is 11.0 Å². The van der Waals surface area contributed by atoms with Gasteiger partial charge in [-0.3, -0.25) is 14.9 Å². The van der Waals surface area contributed by atoms with Crippen LogP contribution in [0, 0.1) is 27.4 Å². The van der Waals surface area contributed by atoms with Crippen LogP contribution in [-0.2, 0) is 14.3 Å². The van der Waals surface area contributed by atoms with Gasteiger partial charge in [-0.25, -0.2) is 4.79 Å². The first-order chi connectivity index (χ1) is 11.7. The molecule has 9 nitrogen and oxygen atoms in total. The van der Waals surface area contributed by atoms with E-state index in [0.29, 0.717) is 0 Å². The van der Waals surface area contributed by atoms with Gasteiger partial charge in [0.25, 0.3) is 11.6 Å². The van der Waals surface area contributed by atoms with E-state index in [9.17, 15) is 19.7 Å². The molecule has 1 rings (SSSR count). The molecule has 0 bridgehead atoms. The van der Waals surface area contributed by atoms with Crippen LogP contribution in [0.15, 0.2) is 24.3 Å². The second-order valence-corrected chi connectivity index (χ2v) is 5.72. The Kier molecular flexibility index (Phi) is 6.87. The van der Waals surface area contributed by atoms with Crippen molar-refractivity contribution in [2.45, 2.75) is 26.3 Å². The van der Waals surface area contributed by atoms with Crippen LogP contribution >= 0.6 is 0 Å². The number of hydrogen-bond donors (Lipinski definition) is 1. The highest BCUT2D eigenvalue weighted by Crippen LogP contribution is 2.17. The highest BCUT2D eigenvalue weighted by molar-refractivity contribution is 5.81. The molecule has 25 heavy (non-hydrogen) atoms. The van der Waals surface area contributed by atoms with E-state index in [4.69, 9.17) is 14.7 Å². The molecule has 0 aliphatic carbocycles. The molecule has 1 N–H and O–H groups in total. The molecule has 134 valence electrons. The maximum absolute atomic E-state index is 11.8. The lowest BCUT2D eigenvalue weighted by Crippen LogP contribution is -2.50. The summed E-state index contributed by atoms with van der Waals surface area (Å²) in [6, 6.07) is 7.18. The molecule has 0 unspecified atom stereocenters. The minimum Gasteiger partial charge on any atom is -0.482 e. The summed E-state index contributed by atoms with van der Waals surface area (Å²) in [5.41, 5.74) is -1.16. The Hall–Kier alpha value is -3.15. The largest absolute Gasteiger partial charge is 0.482 e. The molecule has 0 radical (unpaired) electrons. The zero-order valence-corrected chi connectivity index (χ0v) is 14.1. The zero-order chi connectivity index (χ0) is 19.0. The lowest BCUT2D eigenvalue weighted by Gasteiger charge is -2.27. The number of esters is 1. The summed E-state index contributed by atoms with van der Waals surface area (Å²) < 4.78 is 9.88. The number of nitro groups is 1. The van der Waals surface area contributed by atoms with Crippen molar-refractivity contribution in [2.75, 3.05) is 13.2 Å². The van der Waals surface area contributed by atoms with Gasteiger partial charge in [-0.05, 0) is 25.0 Å². The van der Waals surface area contributed by atoms with Gasteiger partial charge >= 0.3 is 5.97 Å². The Morgan fingerprint density at radius 1 is 1.32 bits per heavy atom. The van der Waals surface area contributed by atoms with Crippen molar-refractivity contribution in [1.29, 1.82) is 5.26 Å². The maximum Gasteiger partial charge on any atom is 0.344 e. The minimum absolute atomic E-state index is 0.0997. The third-order valence-corrected chi connectivity index (χ3v) is 3.55. The van der Waals surface area contributed by atoms with Crippen molar-refractivity contribution in [3.05, 3.63) is 34.4 Å². The second kappa shape index (κ2) is 8.63. The molecule has 0 fully saturated rings. The van der Waals surface area contributed by atoms with Gasteiger partial charge in [0.15, 0.2) is 13.2 Å². The van der Waals surface area contributed by atoms with E-state index >= 15 is 0 Å². The van der Waals surface area contributed by atoms with E-state index in [1.54, 1.807) is 20.8 Å². The molecular formula is C16H19N3O6. The number of nitrogens with one attached hydrogen (secondary N) is 1. The Balaban J connectivity index is 2.41. The average molecular weight is 349 g/mol. The van der Waals surface area contributed by atoms with Crippen molar-refractivity contribution in [1.82, 2.24) is 5.32 Å². The molecule has 0 spiro atoms. The van der Waals surface area contributed by atoms with Crippen LogP contribution in [0.5, 0.6) is 5.75 Å². The molecule has 1 amide bonds. The maximum atomic E-state index is 11.8. The number of amides is 1. The monoisotopic (exact) mass is 349 g/mol. The Labute approximate surface area is 144 Å². The molecule has 1 atom stereocenters. The summed E-state index contributed by atoms with van der Waals surface area (Å²) in [4.78, 5) is 33.3. The predicted octanol–water partition coefficient (Wildman–Crippen LogP) is 1.57. The summed E-state index contributed by atoms with van der Waals surface area (Å²) >= 11 is 0. The predicted molar refractivity (Wildman–Crippen MR) is 86.5 cm³/mol. The van der Waals surface area contributed by atoms with E-state index in [-0.39, 0.29) is 17.4 Å². The molecule has 0 aliphatic rings. The average Bonchev–Trinajstić information content (AvgIpc) is 2.58. The van der Waals surface area contributed by atoms with E-state index < -0.39 is 35.6 Å². The van der Waals surface area contributed by atoms with Gasteiger partial charge < -0.3 is 14.8 Å². The number of ether oxygens (including phenoxy) is 2. The van der Waals surface area contributed by atoms with Crippen molar-refractivity contribution < 1.29 is 24.0 Å². The van der Waals surface area contributed by atoms with Gasteiger partial charge in [0, 0.05) is 12.1 Å². The van der Waals surface area contributed by atoms with E-state index in [2.05, 4.69) is 5.32 Å². The summed E-state index contributed by atoms with van der Waals surface area (Å²) in [5, 5.41) is 22.1. The molecule has 0 saturated heterocycles. The molecule has 9 heteroatoms. The normalized spacial score (nSPS) is 12.6. The fourth-order valence-electron chi connectivity index (χ4n) is 1.62. The van der Waals surface area contributed by atoms with Crippen LogP contribution in [0.2, 0.25) is 0 Å². The zero-order valence-electron chi connectivity index (χ0n) is 14.1. The van der Waals surface area contributed by atoms with Crippen LogP contribution in [0.1, 0.15) is 20.8 Å². The van der Waals surface area contributed by atoms with Crippen molar-refractivity contribution in [2.24, 2.45) is 5.92 Å². The number of nitro benzene ring substituents is 1. The number of nitriles is 1. The Morgan fingerprint density at radius 3 is 2.40 bits per heavy atom. The summed E-state index contributed by atoms with van der Waals surface area (Å²) in [5.74, 6) is -1.25. The summed E-state index contributed by atoms with van der Waals surface area (Å²) in [7, 11) is 0. The second-order valence-electron chi connectivity index (χ2n) is 5.72. The minimum atomic E-state index is -1.06. The van der Waals surface area contributed by atoms with Crippen LogP contribution in [0.3, 0.4) is 0 Å². The number of benzene rings is 1. The summed E-state index contributed by atoms with van der Waals surface area (Å²) in [6.45, 7) is 4.16. The first-order valence-corrected chi connectivity index (χ1v) is 7.43. The SMILES string of the molecule is CC(C)[C@@](C)(C#N)NC(=O)COC(=O)COc1ccc([N+](=O)[O-])cc1. The molecule has 0 aliphatic heterocycles. The molecule has 0 aromatic heterocycles. The first-order valence-electron chi connectivity index (χ1n) is 7.43. The van der Waals surface area contributed by atoms with E-state index in [0.717, 1.165) is 0 Å². The lowest BCUT2D eigenvalue weighted by molar-refractivity contribution is -0.384. The van der Waals surface area contributed by atoms with Gasteiger partial charge in [-0.2, -0.15) is 5.26 Å². The molecule has 0 heterocycles. The number of nitrogens with zero attached hydrogens (tertiary/aromatic N) is 2. The van der Waals surface area contributed by atoms with E-state index in [1.807, 2.05) is 6.07 Å². The third kappa shape index (κ3) is 6.10. The van der Waals surface area contributed by atoms with Crippen LogP contribution in [-0.4, -0.2) is 35.6 Å². The summed E-state index contributed by atoms with van der Waals surface area (Å²) in [6.07, 6.45) is 0. The van der Waals surface area contributed by atoms with Gasteiger partial charge in [-0.1, -0.05) is 13.8 Å². The fraction of sp³-hybridized carbons (Fsp3) is 0.438. The van der Waals surface area contributed by atoms with Gasteiger partial charge in [-0.15, -0.1) is 0 Å². The molecular weight excluding hydrogens is 330 g/mol. The van der Waals surface area contributed by atoms with Crippen LogP contribution < -0.4 is 10.1 Å². The molecule has 0 saturated carbocycles. The standard InChI is InChI=1S/C16H19N3O6/c1-11(2)16(3,10-17)18-14(20)8-25-15(21)9-24-13-6-4-12(5-7-13)19(22)23/h4-7,11H,8-9H2,1-3H3,(H,18,20)/t16-/m1/s1. The lowest BCUT2D eigenvalue weighted by atomic mass is 9.90. The Morgan fingerprint density at radius 2 is 1.92 bits per heavy atom. The number of non-ortho nitro benzene ring substituents is 1. The van der Waals surface area contributed by atoms with Gasteiger partial charge in [0.2, 0.25) is 0 Å². The third-order valence-electron chi connectivity index (χ3n) is 3.55. The topological polar surface area (TPSA) is 132 Å². The number of carbonyl (C=O) groups is 2. The van der Waals surface area contributed by atoms with E-state index in [1.165, 1.54) is 24.3 Å². The quantitative estimate of drug-likeness (QED) is 0.428. The number of rotatable bonds is 8. The molecule has 1 aromatic rings. The van der Waals surface area contributed by atoms with Crippen molar-refractivity contribution >= 4 is 17.6 Å². The highest BCUT2D eigenvalue weighted by Gasteiger charge is 2.30. The van der Waals surface area contributed by atoms with Crippen molar-refractivity contribution in [3.8, 4) is 11.8 Å². The first kappa shape index (κ1) is 19.9. The van der Waals surface area contributed by atoms with Crippen molar-refractivity contribution in [3.63, 3.8) is 0 Å². The number of hydrogen-bond acceptors (Lipinski definition) is 7. The smallest absolute Gasteiger partial charge is 0.344 e. The van der Waals surface area contributed by atoms with Gasteiger partial charge in [0.1, 0.15) is 11.3 Å². The molecule has 1 aromatic carbocycles. The van der Waals surface area contributed by atoms with Crippen LogP contribution in [0.4, 0.5) is 5.69 Å². The Bertz CT molecular complexity index is 680. The fourth-order valence-corrected chi connectivity index (χ4v) is 1.62.